The lowest BCUT2D eigenvalue weighted by Crippen LogP contribution is -2.48. The molecule has 1 aliphatic heterocycles. The minimum Gasteiger partial charge on any atom is -0.335 e. The molecule has 0 saturated carbocycles. The molecule has 0 radical (unpaired) electrons. The van der Waals surface area contributed by atoms with Gasteiger partial charge < -0.3 is 10.2 Å². The summed E-state index contributed by atoms with van der Waals surface area (Å²) < 4.78 is 3.75. The molecule has 0 unspecified atom stereocenters. The van der Waals surface area contributed by atoms with E-state index < -0.39 is 0 Å². The summed E-state index contributed by atoms with van der Waals surface area (Å²) in [7, 11) is 1.95. The van der Waals surface area contributed by atoms with Crippen LogP contribution in [0.4, 0.5) is 4.79 Å². The van der Waals surface area contributed by atoms with Gasteiger partial charge in [-0.1, -0.05) is 0 Å². The van der Waals surface area contributed by atoms with Crippen molar-refractivity contribution in [2.45, 2.75) is 52.1 Å². The fraction of sp³-hybridized carbons (Fsp3) is 0.647. The summed E-state index contributed by atoms with van der Waals surface area (Å²) in [6.07, 6.45) is 6.06. The van der Waals surface area contributed by atoms with E-state index in [0.29, 0.717) is 6.54 Å². The van der Waals surface area contributed by atoms with Gasteiger partial charge in [0.05, 0.1) is 11.7 Å². The number of hydrogen-bond donors (Lipinski definition) is 1. The summed E-state index contributed by atoms with van der Waals surface area (Å²) in [6.45, 7) is 7.59. The Balaban J connectivity index is 1.57. The molecule has 8 nitrogen and oxygen atoms in total. The molecule has 3 rings (SSSR count). The maximum Gasteiger partial charge on any atom is 0.317 e. The summed E-state index contributed by atoms with van der Waals surface area (Å²) in [5.74, 6) is 0. The topological polar surface area (TPSA) is 80.9 Å². The second-order valence-electron chi connectivity index (χ2n) is 6.95. The third-order valence-corrected chi connectivity index (χ3v) is 5.03. The standard InChI is InChI=1S/C17H27N7O/c1-12(8-16-13(2)21-22(4)14(16)3)20-17(25)23-7-5-6-15(9-23)24-11-18-10-19-24/h10-12,15H,5-9H2,1-4H3,(H,20,25)/t12-,15-/m0/s1. The van der Waals surface area contributed by atoms with E-state index in [1.807, 2.05) is 35.2 Å². The van der Waals surface area contributed by atoms with Crippen molar-refractivity contribution >= 4 is 6.03 Å². The number of carbonyl (C=O) groups is 1. The van der Waals surface area contributed by atoms with Gasteiger partial charge in [0.2, 0.25) is 0 Å². The summed E-state index contributed by atoms with van der Waals surface area (Å²) >= 11 is 0. The first-order valence-electron chi connectivity index (χ1n) is 8.84. The van der Waals surface area contributed by atoms with E-state index in [1.54, 1.807) is 12.7 Å². The minimum atomic E-state index is -0.00323. The van der Waals surface area contributed by atoms with Crippen molar-refractivity contribution in [2.75, 3.05) is 13.1 Å². The van der Waals surface area contributed by atoms with Crippen LogP contribution in [0.2, 0.25) is 0 Å². The van der Waals surface area contributed by atoms with Crippen LogP contribution in [0.1, 0.15) is 42.8 Å². The average molecular weight is 345 g/mol. The Labute approximate surface area is 148 Å². The fourth-order valence-electron chi connectivity index (χ4n) is 3.53. The molecule has 25 heavy (non-hydrogen) atoms. The number of nitrogens with zero attached hydrogens (tertiary/aromatic N) is 6. The Kier molecular flexibility index (Phi) is 5.06. The molecule has 0 aromatic carbocycles. The van der Waals surface area contributed by atoms with Gasteiger partial charge in [0.1, 0.15) is 12.7 Å². The van der Waals surface area contributed by atoms with Gasteiger partial charge in [-0.05, 0) is 45.6 Å². The molecule has 1 saturated heterocycles. The van der Waals surface area contributed by atoms with Gasteiger partial charge >= 0.3 is 6.03 Å². The van der Waals surface area contributed by atoms with Crippen molar-refractivity contribution in [1.29, 1.82) is 0 Å². The highest BCUT2D eigenvalue weighted by atomic mass is 16.2. The largest absolute Gasteiger partial charge is 0.335 e. The number of nitrogens with one attached hydrogen (secondary N) is 1. The number of urea groups is 1. The summed E-state index contributed by atoms with van der Waals surface area (Å²) in [5, 5.41) is 11.8. The monoisotopic (exact) mass is 345 g/mol. The molecule has 2 aromatic rings. The van der Waals surface area contributed by atoms with E-state index in [2.05, 4.69) is 27.4 Å². The summed E-state index contributed by atoms with van der Waals surface area (Å²) in [6, 6.07) is 0.262. The van der Waals surface area contributed by atoms with Crippen molar-refractivity contribution in [3.05, 3.63) is 29.6 Å². The highest BCUT2D eigenvalue weighted by Gasteiger charge is 2.26. The lowest BCUT2D eigenvalue weighted by atomic mass is 10.0. The van der Waals surface area contributed by atoms with E-state index in [9.17, 15) is 4.79 Å². The Bertz CT molecular complexity index is 722. The van der Waals surface area contributed by atoms with Crippen LogP contribution in [0, 0.1) is 13.8 Å². The lowest BCUT2D eigenvalue weighted by Gasteiger charge is -2.33. The predicted molar refractivity (Wildman–Crippen MR) is 94.2 cm³/mol. The number of hydrogen-bond acceptors (Lipinski definition) is 4. The quantitative estimate of drug-likeness (QED) is 0.913. The van der Waals surface area contributed by atoms with Crippen molar-refractivity contribution < 1.29 is 4.79 Å². The Hall–Kier alpha value is -2.38. The molecule has 1 aliphatic rings. The van der Waals surface area contributed by atoms with Gasteiger partial charge in [0.25, 0.3) is 0 Å². The SMILES string of the molecule is Cc1nn(C)c(C)c1C[C@H](C)NC(=O)N1CCC[C@H](n2cncn2)C1. The van der Waals surface area contributed by atoms with Crippen molar-refractivity contribution in [2.24, 2.45) is 7.05 Å². The molecular formula is C17H27N7O. The maximum atomic E-state index is 12.6. The number of carbonyl (C=O) groups excluding carboxylic acids is 1. The van der Waals surface area contributed by atoms with E-state index >= 15 is 0 Å². The van der Waals surface area contributed by atoms with E-state index in [-0.39, 0.29) is 18.1 Å². The zero-order chi connectivity index (χ0) is 18.0. The first kappa shape index (κ1) is 17.4. The molecule has 2 amide bonds. The third-order valence-electron chi connectivity index (χ3n) is 5.03. The highest BCUT2D eigenvalue weighted by Crippen LogP contribution is 2.20. The van der Waals surface area contributed by atoms with Gasteiger partial charge in [-0.15, -0.1) is 0 Å². The number of aromatic nitrogens is 5. The molecule has 2 aromatic heterocycles. The molecular weight excluding hydrogens is 318 g/mol. The average Bonchev–Trinajstić information content (AvgIpc) is 3.20. The van der Waals surface area contributed by atoms with Crippen LogP contribution >= 0.6 is 0 Å². The lowest BCUT2D eigenvalue weighted by molar-refractivity contribution is 0.160. The summed E-state index contributed by atoms with van der Waals surface area (Å²) in [5.41, 5.74) is 3.41. The molecule has 8 heteroatoms. The number of aryl methyl sites for hydroxylation is 2. The van der Waals surface area contributed by atoms with Crippen LogP contribution in [-0.2, 0) is 13.5 Å². The fourth-order valence-corrected chi connectivity index (χ4v) is 3.53. The molecule has 0 aliphatic carbocycles. The molecule has 1 N–H and O–H groups in total. The van der Waals surface area contributed by atoms with Gasteiger partial charge in [0, 0.05) is 31.9 Å². The highest BCUT2D eigenvalue weighted by molar-refractivity contribution is 5.74. The number of piperidine rings is 1. The van der Waals surface area contributed by atoms with Gasteiger partial charge in [-0.25, -0.2) is 14.5 Å². The van der Waals surface area contributed by atoms with Gasteiger partial charge in [0.15, 0.2) is 0 Å². The second kappa shape index (κ2) is 7.25. The second-order valence-corrected chi connectivity index (χ2v) is 6.95. The number of likely N-dealkylation sites (tertiary alicyclic amines) is 1. The van der Waals surface area contributed by atoms with Gasteiger partial charge in [-0.3, -0.25) is 4.68 Å². The van der Waals surface area contributed by atoms with Crippen LogP contribution in [0.5, 0.6) is 0 Å². The molecule has 3 heterocycles. The maximum absolute atomic E-state index is 12.6. The smallest absolute Gasteiger partial charge is 0.317 e. The van der Waals surface area contributed by atoms with E-state index in [0.717, 1.165) is 37.2 Å². The Morgan fingerprint density at radius 1 is 1.44 bits per heavy atom. The first-order chi connectivity index (χ1) is 12.0. The van der Waals surface area contributed by atoms with Crippen molar-refractivity contribution in [1.82, 2.24) is 34.8 Å². The van der Waals surface area contributed by atoms with E-state index in [1.165, 1.54) is 5.56 Å². The van der Waals surface area contributed by atoms with Crippen LogP contribution in [-0.4, -0.2) is 54.6 Å². The minimum absolute atomic E-state index is 0.00323. The number of amides is 2. The van der Waals surface area contributed by atoms with E-state index in [4.69, 9.17) is 0 Å². The number of rotatable bonds is 4. The first-order valence-corrected chi connectivity index (χ1v) is 8.84. The molecule has 0 bridgehead atoms. The van der Waals surface area contributed by atoms with Crippen LogP contribution < -0.4 is 5.32 Å². The normalized spacial score (nSPS) is 19.0. The third kappa shape index (κ3) is 3.83. The zero-order valence-electron chi connectivity index (χ0n) is 15.4. The van der Waals surface area contributed by atoms with Crippen molar-refractivity contribution in [3.8, 4) is 0 Å². The molecule has 0 spiro atoms. The Morgan fingerprint density at radius 3 is 2.88 bits per heavy atom. The predicted octanol–water partition coefficient (Wildman–Crippen LogP) is 1.61. The molecule has 136 valence electrons. The van der Waals surface area contributed by atoms with Crippen LogP contribution in [0.3, 0.4) is 0 Å². The Morgan fingerprint density at radius 2 is 2.24 bits per heavy atom. The van der Waals surface area contributed by atoms with Crippen LogP contribution in [0.25, 0.3) is 0 Å². The molecule has 2 atom stereocenters. The summed E-state index contributed by atoms with van der Waals surface area (Å²) in [4.78, 5) is 18.5. The zero-order valence-corrected chi connectivity index (χ0v) is 15.4. The van der Waals surface area contributed by atoms with Crippen LogP contribution in [0.15, 0.2) is 12.7 Å². The van der Waals surface area contributed by atoms with Gasteiger partial charge in [-0.2, -0.15) is 10.2 Å². The van der Waals surface area contributed by atoms with Crippen molar-refractivity contribution in [3.63, 3.8) is 0 Å². The molecule has 1 fully saturated rings.